The summed E-state index contributed by atoms with van der Waals surface area (Å²) in [5.74, 6) is 0.289. The van der Waals surface area contributed by atoms with Crippen LogP contribution < -0.4 is 0 Å². The molecule has 0 aromatic rings. The van der Waals surface area contributed by atoms with Crippen LogP contribution in [-0.2, 0) is 0 Å². The second-order valence-corrected chi connectivity index (χ2v) is 4.15. The van der Waals surface area contributed by atoms with E-state index in [2.05, 4.69) is 18.7 Å². The predicted octanol–water partition coefficient (Wildman–Crippen LogP) is 1.34. The molecule has 0 aliphatic carbocycles. The summed E-state index contributed by atoms with van der Waals surface area (Å²) in [7, 11) is 4.07. The van der Waals surface area contributed by atoms with Crippen LogP contribution in [0.15, 0.2) is 0 Å². The van der Waals surface area contributed by atoms with Crippen molar-refractivity contribution >= 4 is 0 Å². The lowest BCUT2D eigenvalue weighted by molar-refractivity contribution is -0.00636. The van der Waals surface area contributed by atoms with Gasteiger partial charge in [0.1, 0.15) is 0 Å². The van der Waals surface area contributed by atoms with Gasteiger partial charge in [0.05, 0.1) is 5.60 Å². The van der Waals surface area contributed by atoms with Crippen LogP contribution in [0.2, 0.25) is 0 Å². The van der Waals surface area contributed by atoms with E-state index in [0.717, 1.165) is 0 Å². The van der Waals surface area contributed by atoms with Gasteiger partial charge >= 0.3 is 0 Å². The Morgan fingerprint density at radius 1 is 1.18 bits per heavy atom. The topological polar surface area (TPSA) is 23.5 Å². The van der Waals surface area contributed by atoms with E-state index in [1.165, 1.54) is 0 Å². The summed E-state index contributed by atoms with van der Waals surface area (Å²) in [6.45, 7) is 7.92. The summed E-state index contributed by atoms with van der Waals surface area (Å²) in [4.78, 5) is 2.13. The Bertz CT molecular complexity index is 115. The van der Waals surface area contributed by atoms with Crippen LogP contribution in [0, 0.1) is 5.92 Å². The minimum absolute atomic E-state index is 0.289. The van der Waals surface area contributed by atoms with E-state index in [4.69, 9.17) is 0 Å². The number of nitrogens with zero attached hydrogens (tertiary/aromatic N) is 1. The molecule has 0 aliphatic heterocycles. The van der Waals surface area contributed by atoms with Crippen LogP contribution in [0.3, 0.4) is 0 Å². The van der Waals surface area contributed by atoms with Crippen molar-refractivity contribution in [3.8, 4) is 0 Å². The summed E-state index contributed by atoms with van der Waals surface area (Å²) in [6, 6.07) is 0.412. The Balaban J connectivity index is 4.13. The van der Waals surface area contributed by atoms with Gasteiger partial charge in [-0.25, -0.2) is 0 Å². The van der Waals surface area contributed by atoms with E-state index in [-0.39, 0.29) is 5.92 Å². The van der Waals surface area contributed by atoms with Gasteiger partial charge in [0.15, 0.2) is 0 Å². The van der Waals surface area contributed by atoms with E-state index >= 15 is 0 Å². The molecule has 0 aromatic heterocycles. The Morgan fingerprint density at radius 3 is 1.64 bits per heavy atom. The number of aliphatic hydroxyl groups is 1. The molecule has 0 saturated carbocycles. The molecular formula is C9H21NO. The Hall–Kier alpha value is -0.0800. The Labute approximate surface area is 70.2 Å². The molecule has 0 amide bonds. The molecular weight excluding hydrogens is 138 g/mol. The SMILES string of the molecule is CC(C(C)C(C)(C)O)N(C)C. The first-order valence-electron chi connectivity index (χ1n) is 4.15. The van der Waals surface area contributed by atoms with E-state index in [1.807, 2.05) is 27.9 Å². The van der Waals surface area contributed by atoms with E-state index in [0.29, 0.717) is 6.04 Å². The molecule has 2 unspecified atom stereocenters. The third-order valence-electron chi connectivity index (χ3n) is 2.65. The summed E-state index contributed by atoms with van der Waals surface area (Å²) >= 11 is 0. The minimum Gasteiger partial charge on any atom is -0.390 e. The second kappa shape index (κ2) is 3.55. The van der Waals surface area contributed by atoms with Crippen molar-refractivity contribution in [2.75, 3.05) is 14.1 Å². The van der Waals surface area contributed by atoms with Gasteiger partial charge in [-0.2, -0.15) is 0 Å². The van der Waals surface area contributed by atoms with Crippen LogP contribution in [0.5, 0.6) is 0 Å². The largest absolute Gasteiger partial charge is 0.390 e. The van der Waals surface area contributed by atoms with Gasteiger partial charge in [-0.3, -0.25) is 0 Å². The number of rotatable bonds is 3. The first-order valence-corrected chi connectivity index (χ1v) is 4.15. The predicted molar refractivity (Wildman–Crippen MR) is 48.6 cm³/mol. The van der Waals surface area contributed by atoms with Crippen molar-refractivity contribution in [3.63, 3.8) is 0 Å². The lowest BCUT2D eigenvalue weighted by Gasteiger charge is -2.34. The van der Waals surface area contributed by atoms with Gasteiger partial charge in [-0.05, 0) is 40.8 Å². The quantitative estimate of drug-likeness (QED) is 0.672. The fraction of sp³-hybridized carbons (Fsp3) is 1.00. The first-order chi connectivity index (χ1) is 4.76. The van der Waals surface area contributed by atoms with Gasteiger partial charge in [0.25, 0.3) is 0 Å². The zero-order valence-electron chi connectivity index (χ0n) is 8.55. The van der Waals surface area contributed by atoms with Crippen molar-refractivity contribution in [1.82, 2.24) is 4.90 Å². The highest BCUT2D eigenvalue weighted by atomic mass is 16.3. The smallest absolute Gasteiger partial charge is 0.0631 e. The third kappa shape index (κ3) is 3.21. The van der Waals surface area contributed by atoms with E-state index < -0.39 is 5.60 Å². The van der Waals surface area contributed by atoms with Crippen LogP contribution in [0.4, 0.5) is 0 Å². The van der Waals surface area contributed by atoms with Crippen LogP contribution in [0.1, 0.15) is 27.7 Å². The number of hydrogen-bond acceptors (Lipinski definition) is 2. The molecule has 2 nitrogen and oxygen atoms in total. The molecule has 0 spiro atoms. The highest BCUT2D eigenvalue weighted by molar-refractivity contribution is 4.81. The lowest BCUT2D eigenvalue weighted by Crippen LogP contribution is -2.42. The van der Waals surface area contributed by atoms with Gasteiger partial charge in [0, 0.05) is 6.04 Å². The fourth-order valence-electron chi connectivity index (χ4n) is 1.04. The van der Waals surface area contributed by atoms with Gasteiger partial charge in [-0.15, -0.1) is 0 Å². The molecule has 0 rings (SSSR count). The highest BCUT2D eigenvalue weighted by Crippen LogP contribution is 2.21. The van der Waals surface area contributed by atoms with Crippen molar-refractivity contribution in [2.24, 2.45) is 5.92 Å². The molecule has 0 radical (unpaired) electrons. The molecule has 68 valence electrons. The average molecular weight is 159 g/mol. The Kier molecular flexibility index (Phi) is 3.52. The Morgan fingerprint density at radius 2 is 1.55 bits per heavy atom. The molecule has 0 aliphatic rings. The fourth-order valence-corrected chi connectivity index (χ4v) is 1.04. The number of hydrogen-bond donors (Lipinski definition) is 1. The average Bonchev–Trinajstić information content (AvgIpc) is 1.82. The molecule has 11 heavy (non-hydrogen) atoms. The molecule has 0 bridgehead atoms. The maximum absolute atomic E-state index is 9.68. The zero-order valence-corrected chi connectivity index (χ0v) is 8.55. The lowest BCUT2D eigenvalue weighted by atomic mass is 9.87. The summed E-state index contributed by atoms with van der Waals surface area (Å²) in [6.07, 6.45) is 0. The first kappa shape index (κ1) is 10.9. The molecule has 0 saturated heterocycles. The van der Waals surface area contributed by atoms with E-state index in [1.54, 1.807) is 0 Å². The standard InChI is InChI=1S/C9H21NO/c1-7(9(3,4)11)8(2)10(5)6/h7-8,11H,1-6H3. The van der Waals surface area contributed by atoms with Crippen molar-refractivity contribution < 1.29 is 5.11 Å². The summed E-state index contributed by atoms with van der Waals surface area (Å²) in [5, 5.41) is 9.68. The van der Waals surface area contributed by atoms with Crippen molar-refractivity contribution in [1.29, 1.82) is 0 Å². The second-order valence-electron chi connectivity index (χ2n) is 4.15. The van der Waals surface area contributed by atoms with Crippen LogP contribution in [-0.4, -0.2) is 35.7 Å². The molecule has 2 heteroatoms. The summed E-state index contributed by atoms with van der Waals surface area (Å²) < 4.78 is 0. The van der Waals surface area contributed by atoms with Crippen LogP contribution in [0.25, 0.3) is 0 Å². The normalized spacial score (nSPS) is 18.5. The molecule has 0 heterocycles. The molecule has 0 fully saturated rings. The van der Waals surface area contributed by atoms with Gasteiger partial charge < -0.3 is 10.0 Å². The monoisotopic (exact) mass is 159 g/mol. The van der Waals surface area contributed by atoms with Crippen molar-refractivity contribution in [2.45, 2.75) is 39.3 Å². The van der Waals surface area contributed by atoms with Crippen LogP contribution >= 0.6 is 0 Å². The maximum Gasteiger partial charge on any atom is 0.0631 e. The minimum atomic E-state index is -0.580. The zero-order chi connectivity index (χ0) is 9.23. The highest BCUT2D eigenvalue weighted by Gasteiger charge is 2.28. The van der Waals surface area contributed by atoms with Gasteiger partial charge in [-0.1, -0.05) is 6.92 Å². The summed E-state index contributed by atoms with van der Waals surface area (Å²) in [5.41, 5.74) is -0.580. The molecule has 0 aromatic carbocycles. The molecule has 2 atom stereocenters. The molecule has 1 N–H and O–H groups in total. The third-order valence-corrected chi connectivity index (χ3v) is 2.65. The van der Waals surface area contributed by atoms with Crippen molar-refractivity contribution in [3.05, 3.63) is 0 Å². The van der Waals surface area contributed by atoms with E-state index in [9.17, 15) is 5.11 Å². The van der Waals surface area contributed by atoms with Gasteiger partial charge in [0.2, 0.25) is 0 Å². The maximum atomic E-state index is 9.68.